The van der Waals surface area contributed by atoms with Crippen molar-refractivity contribution in [3.05, 3.63) is 0 Å². The summed E-state index contributed by atoms with van der Waals surface area (Å²) >= 11 is 0. The van der Waals surface area contributed by atoms with Crippen molar-refractivity contribution in [2.75, 3.05) is 28.4 Å². The van der Waals surface area contributed by atoms with Crippen molar-refractivity contribution >= 4 is 0 Å². The summed E-state index contributed by atoms with van der Waals surface area (Å²) in [5.74, 6) is -1.14. The average molecular weight is 347 g/mol. The van der Waals surface area contributed by atoms with Crippen LogP contribution in [0.1, 0.15) is 90.9 Å². The monoisotopic (exact) mass is 346 g/mol. The van der Waals surface area contributed by atoms with Gasteiger partial charge in [-0.2, -0.15) is 0 Å². The van der Waals surface area contributed by atoms with Gasteiger partial charge in [0.2, 0.25) is 0 Å². The van der Waals surface area contributed by atoms with E-state index in [4.69, 9.17) is 18.9 Å². The van der Waals surface area contributed by atoms with E-state index in [0.29, 0.717) is 0 Å². The molecule has 0 rings (SSSR count). The molecular weight excluding hydrogens is 304 g/mol. The van der Waals surface area contributed by atoms with Gasteiger partial charge in [-0.25, -0.2) is 0 Å². The number of ether oxygens (including phenoxy) is 4. The second-order valence-electron chi connectivity index (χ2n) is 6.70. The Hall–Kier alpha value is -0.160. The first-order valence-electron chi connectivity index (χ1n) is 9.82. The highest BCUT2D eigenvalue weighted by atomic mass is 16.9. The van der Waals surface area contributed by atoms with E-state index in [2.05, 4.69) is 13.8 Å². The molecule has 0 fully saturated rings. The molecule has 0 aromatic carbocycles. The molecule has 0 heterocycles. The summed E-state index contributed by atoms with van der Waals surface area (Å²) in [6.45, 7) is 4.47. The van der Waals surface area contributed by atoms with Crippen molar-refractivity contribution in [1.82, 2.24) is 0 Å². The minimum atomic E-state index is -1.14. The summed E-state index contributed by atoms with van der Waals surface area (Å²) in [7, 11) is 6.65. The Morgan fingerprint density at radius 1 is 0.500 bits per heavy atom. The number of unbranched alkanes of at least 4 members (excludes halogenated alkanes) is 8. The van der Waals surface area contributed by atoms with Crippen molar-refractivity contribution in [2.45, 2.75) is 102 Å². The zero-order valence-corrected chi connectivity index (χ0v) is 17.1. The van der Waals surface area contributed by atoms with Gasteiger partial charge in [-0.15, -0.1) is 0 Å². The second kappa shape index (κ2) is 14.1. The molecule has 0 amide bonds. The predicted octanol–water partition coefficient (Wildman–Crippen LogP) is 5.69. The summed E-state index contributed by atoms with van der Waals surface area (Å²) in [5.41, 5.74) is -0.566. The van der Waals surface area contributed by atoms with Gasteiger partial charge in [-0.1, -0.05) is 78.1 Å². The first-order valence-corrected chi connectivity index (χ1v) is 9.82. The third kappa shape index (κ3) is 6.99. The Morgan fingerprint density at radius 3 is 1.25 bits per heavy atom. The van der Waals surface area contributed by atoms with Crippen molar-refractivity contribution in [2.24, 2.45) is 0 Å². The summed E-state index contributed by atoms with van der Waals surface area (Å²) < 4.78 is 23.0. The molecule has 0 spiro atoms. The molecule has 0 aromatic rings. The normalized spacial score (nSPS) is 14.8. The molecule has 0 N–H and O–H groups in total. The highest BCUT2D eigenvalue weighted by molar-refractivity contribution is 4.90. The van der Waals surface area contributed by atoms with Crippen LogP contribution in [0.25, 0.3) is 0 Å². The van der Waals surface area contributed by atoms with E-state index < -0.39 is 11.6 Å². The van der Waals surface area contributed by atoms with E-state index in [-0.39, 0.29) is 0 Å². The molecule has 24 heavy (non-hydrogen) atoms. The van der Waals surface area contributed by atoms with Crippen LogP contribution in [-0.4, -0.2) is 40.0 Å². The van der Waals surface area contributed by atoms with Crippen LogP contribution < -0.4 is 0 Å². The molecule has 0 saturated heterocycles. The quantitative estimate of drug-likeness (QED) is 0.250. The van der Waals surface area contributed by atoms with E-state index in [1.807, 2.05) is 0 Å². The fourth-order valence-corrected chi connectivity index (χ4v) is 3.60. The lowest BCUT2D eigenvalue weighted by Crippen LogP contribution is -2.59. The Labute approximate surface area is 150 Å². The number of rotatable bonds is 17. The molecule has 0 aliphatic carbocycles. The smallest absolute Gasteiger partial charge is 0.313 e. The fraction of sp³-hybridized carbons (Fsp3) is 1.00. The first kappa shape index (κ1) is 23.8. The van der Waals surface area contributed by atoms with Gasteiger partial charge < -0.3 is 18.9 Å². The minimum absolute atomic E-state index is 0.566. The van der Waals surface area contributed by atoms with Crippen LogP contribution in [-0.2, 0) is 18.9 Å². The zero-order chi connectivity index (χ0) is 18.3. The number of methoxy groups -OCH3 is 4. The Morgan fingerprint density at radius 2 is 0.875 bits per heavy atom. The molecular formula is C20H42O4. The van der Waals surface area contributed by atoms with Gasteiger partial charge in [-0.05, 0) is 12.8 Å². The van der Waals surface area contributed by atoms with Gasteiger partial charge in [-0.3, -0.25) is 0 Å². The SMILES string of the molecule is CCCCCCCCC(CCCCCC)(OC)C(OC)(OC)OC. The van der Waals surface area contributed by atoms with Gasteiger partial charge in [0.25, 0.3) is 0 Å². The summed E-state index contributed by atoms with van der Waals surface area (Å²) in [5, 5.41) is 0. The van der Waals surface area contributed by atoms with Crippen molar-refractivity contribution in [3.8, 4) is 0 Å². The van der Waals surface area contributed by atoms with E-state index >= 15 is 0 Å². The molecule has 0 aliphatic rings. The first-order chi connectivity index (χ1) is 11.6. The summed E-state index contributed by atoms with van der Waals surface area (Å²) in [6, 6.07) is 0. The molecule has 1 unspecified atom stereocenters. The highest BCUT2D eigenvalue weighted by Crippen LogP contribution is 2.40. The van der Waals surface area contributed by atoms with E-state index in [1.165, 1.54) is 51.4 Å². The van der Waals surface area contributed by atoms with Gasteiger partial charge >= 0.3 is 5.97 Å². The van der Waals surface area contributed by atoms with E-state index in [9.17, 15) is 0 Å². The molecule has 146 valence electrons. The third-order valence-corrected chi connectivity index (χ3v) is 5.12. The molecule has 4 nitrogen and oxygen atoms in total. The van der Waals surface area contributed by atoms with Crippen molar-refractivity contribution in [1.29, 1.82) is 0 Å². The van der Waals surface area contributed by atoms with Gasteiger partial charge in [0, 0.05) is 28.4 Å². The molecule has 1 atom stereocenters. The lowest BCUT2D eigenvalue weighted by molar-refractivity contribution is -0.425. The van der Waals surface area contributed by atoms with Crippen LogP contribution in [0.2, 0.25) is 0 Å². The summed E-state index contributed by atoms with van der Waals surface area (Å²) in [4.78, 5) is 0. The number of hydrogen-bond donors (Lipinski definition) is 0. The van der Waals surface area contributed by atoms with Gasteiger partial charge in [0.15, 0.2) is 0 Å². The standard InChI is InChI=1S/C20H42O4/c1-7-9-11-13-14-16-18-19(21-3,17-15-12-10-8-2)20(22-4,23-5)24-6/h7-18H2,1-6H3. The van der Waals surface area contributed by atoms with Crippen LogP contribution in [0, 0.1) is 0 Å². The van der Waals surface area contributed by atoms with Gasteiger partial charge in [0.1, 0.15) is 5.60 Å². The lowest BCUT2D eigenvalue weighted by atomic mass is 9.86. The number of hydrogen-bond acceptors (Lipinski definition) is 4. The van der Waals surface area contributed by atoms with Gasteiger partial charge in [0.05, 0.1) is 0 Å². The Bertz CT molecular complexity index is 271. The van der Waals surface area contributed by atoms with Crippen molar-refractivity contribution in [3.63, 3.8) is 0 Å². The van der Waals surface area contributed by atoms with E-state index in [0.717, 1.165) is 25.7 Å². The largest absolute Gasteiger partial charge is 0.370 e. The molecule has 0 radical (unpaired) electrons. The molecule has 0 bridgehead atoms. The average Bonchev–Trinajstić information content (AvgIpc) is 2.62. The third-order valence-electron chi connectivity index (χ3n) is 5.12. The summed E-state index contributed by atoms with van der Waals surface area (Å²) in [6.07, 6.45) is 14.0. The minimum Gasteiger partial charge on any atom is -0.370 e. The van der Waals surface area contributed by atoms with Crippen molar-refractivity contribution < 1.29 is 18.9 Å². The zero-order valence-electron chi connectivity index (χ0n) is 17.1. The molecule has 0 aromatic heterocycles. The van der Waals surface area contributed by atoms with E-state index in [1.54, 1.807) is 28.4 Å². The predicted molar refractivity (Wildman–Crippen MR) is 100 cm³/mol. The Kier molecular flexibility index (Phi) is 14.0. The second-order valence-corrected chi connectivity index (χ2v) is 6.70. The fourth-order valence-electron chi connectivity index (χ4n) is 3.60. The van der Waals surface area contributed by atoms with Crippen LogP contribution in [0.15, 0.2) is 0 Å². The topological polar surface area (TPSA) is 36.9 Å². The maximum absolute atomic E-state index is 6.01. The maximum atomic E-state index is 6.01. The van der Waals surface area contributed by atoms with Crippen LogP contribution in [0.5, 0.6) is 0 Å². The maximum Gasteiger partial charge on any atom is 0.313 e. The molecule has 4 heteroatoms. The lowest BCUT2D eigenvalue weighted by Gasteiger charge is -2.46. The molecule has 0 aliphatic heterocycles. The molecule has 0 saturated carbocycles. The van der Waals surface area contributed by atoms with Crippen LogP contribution in [0.3, 0.4) is 0 Å². The Balaban J connectivity index is 4.88. The highest BCUT2D eigenvalue weighted by Gasteiger charge is 2.53. The van der Waals surface area contributed by atoms with Crippen LogP contribution >= 0.6 is 0 Å². The van der Waals surface area contributed by atoms with Crippen LogP contribution in [0.4, 0.5) is 0 Å².